The van der Waals surface area contributed by atoms with Crippen molar-refractivity contribution >= 4 is 12.1 Å². The van der Waals surface area contributed by atoms with Gasteiger partial charge in [0.05, 0.1) is 5.92 Å². The Hall–Kier alpha value is -1.26. The van der Waals surface area contributed by atoms with Gasteiger partial charge in [-0.25, -0.2) is 4.79 Å². The molecule has 1 aliphatic carbocycles. The van der Waals surface area contributed by atoms with E-state index in [9.17, 15) is 9.59 Å². The van der Waals surface area contributed by atoms with Crippen LogP contribution in [-0.4, -0.2) is 29.3 Å². The number of rotatable bonds is 3. The fourth-order valence-electron chi connectivity index (χ4n) is 2.12. The first-order valence-corrected chi connectivity index (χ1v) is 5.75. The van der Waals surface area contributed by atoms with Gasteiger partial charge in [0, 0.05) is 6.54 Å². The largest absolute Gasteiger partial charge is 0.481 e. The molecule has 0 radical (unpaired) electrons. The summed E-state index contributed by atoms with van der Waals surface area (Å²) in [6, 6.07) is 0. The van der Waals surface area contributed by atoms with Gasteiger partial charge in [0.15, 0.2) is 0 Å². The Bertz CT molecular complexity index is 330. The van der Waals surface area contributed by atoms with Crippen molar-refractivity contribution in [1.29, 1.82) is 0 Å². The number of ether oxygens (including phenoxy) is 1. The zero-order valence-corrected chi connectivity index (χ0v) is 11.0. The lowest BCUT2D eigenvalue weighted by molar-refractivity contribution is -0.139. The van der Waals surface area contributed by atoms with Crippen LogP contribution in [0.4, 0.5) is 4.79 Å². The molecule has 98 valence electrons. The quantitative estimate of drug-likeness (QED) is 0.793. The van der Waals surface area contributed by atoms with Crippen molar-refractivity contribution in [2.75, 3.05) is 6.54 Å². The molecule has 0 aliphatic heterocycles. The van der Waals surface area contributed by atoms with E-state index >= 15 is 0 Å². The second-order valence-electron chi connectivity index (χ2n) is 6.13. The number of alkyl carbamates (subject to hydrolysis) is 1. The van der Waals surface area contributed by atoms with Gasteiger partial charge in [-0.05, 0) is 32.1 Å². The number of aliphatic carboxylic acids is 1. The van der Waals surface area contributed by atoms with Gasteiger partial charge in [-0.3, -0.25) is 4.79 Å². The number of nitrogens with one attached hydrogen (secondary N) is 1. The highest BCUT2D eigenvalue weighted by atomic mass is 16.6. The molecular formula is C12H21NO4. The molecule has 0 unspecified atom stereocenters. The lowest BCUT2D eigenvalue weighted by atomic mass is 10.1. The summed E-state index contributed by atoms with van der Waals surface area (Å²) in [4.78, 5) is 22.3. The summed E-state index contributed by atoms with van der Waals surface area (Å²) in [7, 11) is 0. The molecule has 0 heterocycles. The summed E-state index contributed by atoms with van der Waals surface area (Å²) in [5.41, 5.74) is -0.782. The van der Waals surface area contributed by atoms with Crippen molar-refractivity contribution in [1.82, 2.24) is 5.32 Å². The van der Waals surface area contributed by atoms with Crippen LogP contribution in [0.1, 0.15) is 34.6 Å². The SMILES string of the molecule is CC(C)(C)OC(=O)NC[C@@H]1[C@@H](C(=O)O)C1(C)C. The maximum atomic E-state index is 11.4. The van der Waals surface area contributed by atoms with Crippen LogP contribution in [0.3, 0.4) is 0 Å². The number of hydrogen-bond acceptors (Lipinski definition) is 3. The normalized spacial score (nSPS) is 26.2. The standard InChI is InChI=1S/C12H21NO4/c1-11(2,3)17-10(16)13-6-7-8(9(14)15)12(7,4)5/h7-8H,6H2,1-5H3,(H,13,16)(H,14,15)/t7-,8+/m1/s1. The van der Waals surface area contributed by atoms with E-state index in [1.165, 1.54) is 0 Å². The molecule has 2 atom stereocenters. The number of amides is 1. The van der Waals surface area contributed by atoms with E-state index in [1.807, 2.05) is 13.8 Å². The molecule has 0 aromatic heterocycles. The Morgan fingerprint density at radius 2 is 1.88 bits per heavy atom. The summed E-state index contributed by atoms with van der Waals surface area (Å²) in [6.07, 6.45) is -0.496. The molecule has 0 aromatic rings. The average molecular weight is 243 g/mol. The third kappa shape index (κ3) is 3.35. The van der Waals surface area contributed by atoms with Crippen molar-refractivity contribution in [2.45, 2.75) is 40.2 Å². The molecule has 0 spiro atoms. The van der Waals surface area contributed by atoms with Crippen molar-refractivity contribution in [3.63, 3.8) is 0 Å². The third-order valence-corrected chi connectivity index (χ3v) is 3.18. The Labute approximate surface area is 102 Å². The van der Waals surface area contributed by atoms with Gasteiger partial charge < -0.3 is 15.2 Å². The summed E-state index contributed by atoms with van der Waals surface area (Å²) < 4.78 is 5.08. The van der Waals surface area contributed by atoms with Crippen LogP contribution < -0.4 is 5.32 Å². The molecular weight excluding hydrogens is 222 g/mol. The van der Waals surface area contributed by atoms with E-state index in [1.54, 1.807) is 20.8 Å². The van der Waals surface area contributed by atoms with E-state index in [4.69, 9.17) is 9.84 Å². The van der Waals surface area contributed by atoms with Crippen LogP contribution in [0.5, 0.6) is 0 Å². The molecule has 5 nitrogen and oxygen atoms in total. The molecule has 5 heteroatoms. The first-order valence-electron chi connectivity index (χ1n) is 5.75. The molecule has 1 rings (SSSR count). The van der Waals surface area contributed by atoms with Gasteiger partial charge in [0.25, 0.3) is 0 Å². The van der Waals surface area contributed by atoms with Gasteiger partial charge >= 0.3 is 12.1 Å². The lowest BCUT2D eigenvalue weighted by Gasteiger charge is -2.19. The predicted molar refractivity (Wildman–Crippen MR) is 62.6 cm³/mol. The highest BCUT2D eigenvalue weighted by Crippen LogP contribution is 2.57. The second-order valence-corrected chi connectivity index (χ2v) is 6.13. The average Bonchev–Trinajstić information content (AvgIpc) is 2.61. The van der Waals surface area contributed by atoms with Crippen molar-refractivity contribution in [3.8, 4) is 0 Å². The van der Waals surface area contributed by atoms with Gasteiger partial charge in [0.1, 0.15) is 5.60 Å². The highest BCUT2D eigenvalue weighted by Gasteiger charge is 2.61. The van der Waals surface area contributed by atoms with Crippen LogP contribution in [0.15, 0.2) is 0 Å². The second kappa shape index (κ2) is 4.20. The molecule has 17 heavy (non-hydrogen) atoms. The van der Waals surface area contributed by atoms with Crippen LogP contribution in [0.2, 0.25) is 0 Å². The molecule has 1 fully saturated rings. The van der Waals surface area contributed by atoms with Crippen molar-refractivity contribution in [3.05, 3.63) is 0 Å². The Morgan fingerprint density at radius 3 is 2.24 bits per heavy atom. The molecule has 0 bridgehead atoms. The van der Waals surface area contributed by atoms with Gasteiger partial charge in [-0.1, -0.05) is 13.8 Å². The topological polar surface area (TPSA) is 75.6 Å². The summed E-state index contributed by atoms with van der Waals surface area (Å²) in [5, 5.41) is 11.6. The molecule has 0 aromatic carbocycles. The van der Waals surface area contributed by atoms with Crippen LogP contribution >= 0.6 is 0 Å². The van der Waals surface area contributed by atoms with Crippen molar-refractivity contribution in [2.24, 2.45) is 17.3 Å². The minimum Gasteiger partial charge on any atom is -0.481 e. The first-order chi connectivity index (χ1) is 7.55. The smallest absolute Gasteiger partial charge is 0.407 e. The maximum Gasteiger partial charge on any atom is 0.407 e. The monoisotopic (exact) mass is 243 g/mol. The van der Waals surface area contributed by atoms with Crippen LogP contribution in [0, 0.1) is 17.3 Å². The van der Waals surface area contributed by atoms with Crippen molar-refractivity contribution < 1.29 is 19.4 Å². The minimum absolute atomic E-state index is 0.0208. The van der Waals surface area contributed by atoms with Gasteiger partial charge in [-0.2, -0.15) is 0 Å². The summed E-state index contributed by atoms with van der Waals surface area (Å²) in [5.74, 6) is -1.20. The fraction of sp³-hybridized carbons (Fsp3) is 0.833. The zero-order chi connectivity index (χ0) is 13.4. The van der Waals surface area contributed by atoms with Gasteiger partial charge in [-0.15, -0.1) is 0 Å². The van der Waals surface area contributed by atoms with E-state index in [-0.39, 0.29) is 17.3 Å². The van der Waals surface area contributed by atoms with E-state index < -0.39 is 17.7 Å². The number of carboxylic acids is 1. The third-order valence-electron chi connectivity index (χ3n) is 3.18. The Balaban J connectivity index is 2.39. The van der Waals surface area contributed by atoms with Crippen LogP contribution in [-0.2, 0) is 9.53 Å². The molecule has 2 N–H and O–H groups in total. The lowest BCUT2D eigenvalue weighted by Crippen LogP contribution is -2.34. The van der Waals surface area contributed by atoms with Crippen LogP contribution in [0.25, 0.3) is 0 Å². The summed E-state index contributed by atoms with van der Waals surface area (Å²) in [6.45, 7) is 9.49. The minimum atomic E-state index is -0.800. The number of hydrogen-bond donors (Lipinski definition) is 2. The molecule has 0 saturated heterocycles. The first kappa shape index (κ1) is 13.8. The molecule has 1 amide bonds. The van der Waals surface area contributed by atoms with E-state index in [0.717, 1.165) is 0 Å². The fourth-order valence-corrected chi connectivity index (χ4v) is 2.12. The van der Waals surface area contributed by atoms with E-state index in [2.05, 4.69) is 5.32 Å². The molecule has 1 aliphatic rings. The Kier molecular flexibility index (Phi) is 3.41. The number of carbonyl (C=O) groups excluding carboxylic acids is 1. The van der Waals surface area contributed by atoms with E-state index in [0.29, 0.717) is 6.54 Å². The van der Waals surface area contributed by atoms with Gasteiger partial charge in [0.2, 0.25) is 0 Å². The Morgan fingerprint density at radius 1 is 1.35 bits per heavy atom. The highest BCUT2D eigenvalue weighted by molar-refractivity contribution is 5.76. The number of carbonyl (C=O) groups is 2. The predicted octanol–water partition coefficient (Wildman–Crippen LogP) is 1.87. The summed E-state index contributed by atoms with van der Waals surface area (Å²) >= 11 is 0. The number of carboxylic acid groups (broad SMARTS) is 1. The zero-order valence-electron chi connectivity index (χ0n) is 11.0. The maximum absolute atomic E-state index is 11.4. The molecule has 1 saturated carbocycles.